The smallest absolute Gasteiger partial charge is 0.265 e. The van der Waals surface area contributed by atoms with Crippen molar-refractivity contribution in [3.05, 3.63) is 63.8 Å². The summed E-state index contributed by atoms with van der Waals surface area (Å²) >= 11 is 0. The van der Waals surface area contributed by atoms with Gasteiger partial charge in [0.2, 0.25) is 0 Å². The highest BCUT2D eigenvalue weighted by molar-refractivity contribution is 5.96. The zero-order valence-electron chi connectivity index (χ0n) is 19.7. The van der Waals surface area contributed by atoms with Crippen molar-refractivity contribution in [1.29, 1.82) is 0 Å². The molecule has 35 heavy (non-hydrogen) atoms. The summed E-state index contributed by atoms with van der Waals surface area (Å²) in [7, 11) is 1.72. The van der Waals surface area contributed by atoms with Crippen LogP contribution in [-0.2, 0) is 17.9 Å². The molecular formula is C26H28FN5O3. The van der Waals surface area contributed by atoms with Gasteiger partial charge in [-0.15, -0.1) is 0 Å². The predicted molar refractivity (Wildman–Crippen MR) is 130 cm³/mol. The third-order valence-corrected chi connectivity index (χ3v) is 7.53. The number of hydrogen-bond acceptors (Lipinski definition) is 6. The van der Waals surface area contributed by atoms with Crippen LogP contribution in [0.1, 0.15) is 30.0 Å². The Morgan fingerprint density at radius 1 is 1.11 bits per heavy atom. The lowest BCUT2D eigenvalue weighted by atomic mass is 9.97. The first-order chi connectivity index (χ1) is 17.0. The fraction of sp³-hybridized carbons (Fsp3) is 0.423. The molecule has 0 radical (unpaired) electrons. The van der Waals surface area contributed by atoms with Gasteiger partial charge in [0.1, 0.15) is 5.82 Å². The van der Waals surface area contributed by atoms with Gasteiger partial charge in [0, 0.05) is 50.3 Å². The van der Waals surface area contributed by atoms with Crippen molar-refractivity contribution in [2.24, 2.45) is 0 Å². The number of nitrogens with one attached hydrogen (secondary N) is 1. The number of aromatic nitrogens is 2. The Balaban J connectivity index is 1.06. The third-order valence-electron chi connectivity index (χ3n) is 7.53. The van der Waals surface area contributed by atoms with Crippen molar-refractivity contribution in [2.75, 3.05) is 38.2 Å². The number of carbonyl (C=O) groups excluding carboxylic acids is 1. The van der Waals surface area contributed by atoms with Gasteiger partial charge in [-0.05, 0) is 61.6 Å². The number of amides is 1. The Labute approximate surface area is 202 Å². The molecule has 3 aliphatic heterocycles. The van der Waals surface area contributed by atoms with Gasteiger partial charge in [-0.3, -0.25) is 14.5 Å². The third kappa shape index (κ3) is 3.98. The molecule has 0 spiro atoms. The number of pyridine rings is 2. The number of fused-ring (bicyclic) bond motifs is 1. The topological polar surface area (TPSA) is 79.7 Å². The minimum Gasteiger partial charge on any atom is -0.480 e. The monoisotopic (exact) mass is 477 g/mol. The van der Waals surface area contributed by atoms with E-state index in [4.69, 9.17) is 4.74 Å². The van der Waals surface area contributed by atoms with Crippen LogP contribution in [0.5, 0.6) is 5.75 Å². The molecular weight excluding hydrogens is 449 g/mol. The van der Waals surface area contributed by atoms with Crippen molar-refractivity contribution in [3.8, 4) is 5.75 Å². The van der Waals surface area contributed by atoms with Crippen LogP contribution in [0.2, 0.25) is 0 Å². The van der Waals surface area contributed by atoms with Crippen LogP contribution < -0.4 is 20.5 Å². The van der Waals surface area contributed by atoms with Crippen LogP contribution >= 0.6 is 0 Å². The minimum atomic E-state index is -0.216. The van der Waals surface area contributed by atoms with E-state index in [0.717, 1.165) is 49.1 Å². The average Bonchev–Trinajstić information content (AvgIpc) is 3.26. The second kappa shape index (κ2) is 8.73. The largest absolute Gasteiger partial charge is 0.480 e. The molecule has 1 amide bonds. The van der Waals surface area contributed by atoms with Crippen molar-refractivity contribution in [3.63, 3.8) is 0 Å². The number of rotatable bonds is 5. The summed E-state index contributed by atoms with van der Waals surface area (Å²) in [4.78, 5) is 32.8. The molecule has 182 valence electrons. The summed E-state index contributed by atoms with van der Waals surface area (Å²) in [6, 6.07) is 10.8. The molecule has 0 saturated carbocycles. The fourth-order valence-corrected chi connectivity index (χ4v) is 5.59. The number of hydrogen-bond donors (Lipinski definition) is 1. The number of nitrogens with zero attached hydrogens (tertiary/aromatic N) is 4. The molecule has 1 aromatic carbocycles. The van der Waals surface area contributed by atoms with E-state index >= 15 is 0 Å². The molecule has 3 aromatic rings. The highest BCUT2D eigenvalue weighted by Crippen LogP contribution is 2.35. The average molecular weight is 478 g/mol. The molecule has 2 aromatic heterocycles. The van der Waals surface area contributed by atoms with E-state index in [1.54, 1.807) is 34.7 Å². The van der Waals surface area contributed by atoms with Crippen LogP contribution in [0, 0.1) is 5.82 Å². The summed E-state index contributed by atoms with van der Waals surface area (Å²) in [6.07, 6.45) is 1.97. The maximum absolute atomic E-state index is 14.8. The van der Waals surface area contributed by atoms with Crippen LogP contribution in [0.3, 0.4) is 0 Å². The maximum atomic E-state index is 14.8. The fourth-order valence-electron chi connectivity index (χ4n) is 5.59. The lowest BCUT2D eigenvalue weighted by Crippen LogP contribution is -2.43. The second-order valence-corrected chi connectivity index (χ2v) is 9.70. The molecule has 1 fully saturated rings. The Morgan fingerprint density at radius 2 is 1.91 bits per heavy atom. The number of halogens is 1. The second-order valence-electron chi connectivity index (χ2n) is 9.70. The molecule has 1 saturated heterocycles. The van der Waals surface area contributed by atoms with Gasteiger partial charge < -0.3 is 19.5 Å². The number of likely N-dealkylation sites (tertiary alicyclic amines) is 1. The maximum Gasteiger partial charge on any atom is 0.265 e. The minimum absolute atomic E-state index is 0.0140. The van der Waals surface area contributed by atoms with Gasteiger partial charge in [0.15, 0.2) is 18.2 Å². The highest BCUT2D eigenvalue weighted by atomic mass is 19.1. The van der Waals surface area contributed by atoms with Gasteiger partial charge >= 0.3 is 0 Å². The molecule has 3 aliphatic rings. The quantitative estimate of drug-likeness (QED) is 0.607. The van der Waals surface area contributed by atoms with E-state index in [9.17, 15) is 14.0 Å². The molecule has 0 bridgehead atoms. The zero-order valence-corrected chi connectivity index (χ0v) is 19.7. The highest BCUT2D eigenvalue weighted by Gasteiger charge is 2.31. The van der Waals surface area contributed by atoms with Crippen molar-refractivity contribution in [2.45, 2.75) is 37.9 Å². The number of anilines is 1. The van der Waals surface area contributed by atoms with Gasteiger partial charge in [-0.25, -0.2) is 9.37 Å². The predicted octanol–water partition coefficient (Wildman–Crippen LogP) is 2.24. The van der Waals surface area contributed by atoms with E-state index in [1.807, 2.05) is 12.1 Å². The molecule has 6 rings (SSSR count). The number of carbonyl (C=O) groups is 1. The van der Waals surface area contributed by atoms with Crippen molar-refractivity contribution >= 4 is 22.6 Å². The Kier molecular flexibility index (Phi) is 5.53. The first-order valence-corrected chi connectivity index (χ1v) is 12.1. The van der Waals surface area contributed by atoms with Gasteiger partial charge in [0.05, 0.1) is 11.2 Å². The molecule has 5 heterocycles. The van der Waals surface area contributed by atoms with Gasteiger partial charge in [-0.1, -0.05) is 0 Å². The normalized spacial score (nSPS) is 20.3. The van der Waals surface area contributed by atoms with Crippen LogP contribution in [0.4, 0.5) is 10.2 Å². The number of benzene rings is 1. The van der Waals surface area contributed by atoms with E-state index in [1.165, 1.54) is 6.07 Å². The lowest BCUT2D eigenvalue weighted by Gasteiger charge is -2.34. The molecule has 1 atom stereocenters. The van der Waals surface area contributed by atoms with Crippen molar-refractivity contribution in [1.82, 2.24) is 19.8 Å². The summed E-state index contributed by atoms with van der Waals surface area (Å²) in [5.74, 6) is 0.863. The number of likely N-dealkylation sites (N-methyl/N-ethyl adjacent to an activating group) is 1. The summed E-state index contributed by atoms with van der Waals surface area (Å²) in [5, 5.41) is 4.51. The molecule has 1 unspecified atom stereocenters. The van der Waals surface area contributed by atoms with Crippen LogP contribution in [0.15, 0.2) is 41.2 Å². The Morgan fingerprint density at radius 3 is 2.74 bits per heavy atom. The first-order valence-electron chi connectivity index (χ1n) is 12.1. The van der Waals surface area contributed by atoms with Crippen LogP contribution in [-0.4, -0.2) is 59.7 Å². The van der Waals surface area contributed by atoms with Crippen molar-refractivity contribution < 1.29 is 13.9 Å². The zero-order chi connectivity index (χ0) is 24.1. The summed E-state index contributed by atoms with van der Waals surface area (Å²) in [5.41, 5.74) is 2.25. The van der Waals surface area contributed by atoms with E-state index in [2.05, 4.69) is 15.2 Å². The molecule has 8 nitrogen and oxygen atoms in total. The van der Waals surface area contributed by atoms with Crippen LogP contribution in [0.25, 0.3) is 10.9 Å². The van der Waals surface area contributed by atoms with Gasteiger partial charge in [0.25, 0.3) is 11.5 Å². The number of ether oxygens (including phenoxy) is 1. The van der Waals surface area contributed by atoms with Gasteiger partial charge in [-0.2, -0.15) is 0 Å². The lowest BCUT2D eigenvalue weighted by molar-refractivity contribution is -0.121. The molecule has 0 aliphatic carbocycles. The molecule has 1 N–H and O–H groups in total. The Hall–Kier alpha value is -3.30. The van der Waals surface area contributed by atoms with E-state index < -0.39 is 0 Å². The molecule has 9 heteroatoms. The summed E-state index contributed by atoms with van der Waals surface area (Å²) < 4.78 is 22.0. The standard InChI is InChI=1S/C26H28FN5O3/c1-30-23(34)15-35-21-6-4-19(29-26(21)30)12-28-18-8-10-31(11-9-18)13-17-14-32-22(33)7-3-16-2-5-20(27)24(17)25(16)32/h2-7,17-18,28H,8-15H2,1H3. The Bertz CT molecular complexity index is 1370. The number of piperidine rings is 1. The first kappa shape index (κ1) is 22.2. The van der Waals surface area contributed by atoms with E-state index in [0.29, 0.717) is 36.3 Å². The van der Waals surface area contributed by atoms with E-state index in [-0.39, 0.29) is 29.8 Å². The SMILES string of the molecule is CN1C(=O)COc2ccc(CNC3CCN(CC4Cn5c(=O)ccc6ccc(F)c4c65)CC3)nc21. The summed E-state index contributed by atoms with van der Waals surface area (Å²) in [6.45, 7) is 3.78.